The second kappa shape index (κ2) is 3.02. The number of hydrogen-bond acceptors (Lipinski definition) is 1. The highest BCUT2D eigenvalue weighted by Crippen LogP contribution is 2.35. The van der Waals surface area contributed by atoms with E-state index in [2.05, 4.69) is 25.1 Å². The van der Waals surface area contributed by atoms with E-state index in [9.17, 15) is 0 Å². The largest absolute Gasteiger partial charge is 0.299 e. The van der Waals surface area contributed by atoms with Gasteiger partial charge in [-0.15, -0.1) is 13.2 Å². The lowest BCUT2D eigenvalue weighted by atomic mass is 10.4. The van der Waals surface area contributed by atoms with E-state index < -0.39 is 0 Å². The van der Waals surface area contributed by atoms with Gasteiger partial charge in [0.25, 0.3) is 0 Å². The molecule has 1 nitrogen and oxygen atoms in total. The summed E-state index contributed by atoms with van der Waals surface area (Å²) in [6.07, 6.45) is 5.27. The van der Waals surface area contributed by atoms with Gasteiger partial charge >= 0.3 is 0 Å². The summed E-state index contributed by atoms with van der Waals surface area (Å²) in [6, 6.07) is 0.746. The summed E-state index contributed by atoms with van der Waals surface area (Å²) < 4.78 is 0. The van der Waals surface area contributed by atoms with E-state index in [1.165, 1.54) is 6.42 Å². The van der Waals surface area contributed by atoms with Crippen molar-refractivity contribution >= 4 is 0 Å². The second-order valence-corrected chi connectivity index (χ2v) is 2.93. The second-order valence-electron chi connectivity index (χ2n) is 2.93. The summed E-state index contributed by atoms with van der Waals surface area (Å²) >= 11 is 0. The predicted molar refractivity (Wildman–Crippen MR) is 44.9 cm³/mol. The zero-order chi connectivity index (χ0) is 7.56. The zero-order valence-electron chi connectivity index (χ0n) is 6.59. The third-order valence-corrected chi connectivity index (χ3v) is 2.09. The zero-order valence-corrected chi connectivity index (χ0v) is 6.59. The molecule has 0 N–H and O–H groups in total. The molecule has 0 aromatic carbocycles. The van der Waals surface area contributed by atoms with Crippen LogP contribution in [0.5, 0.6) is 0 Å². The Labute approximate surface area is 63.0 Å². The van der Waals surface area contributed by atoms with E-state index in [0.717, 1.165) is 18.5 Å². The highest BCUT2D eigenvalue weighted by Gasteiger charge is 2.36. The van der Waals surface area contributed by atoms with Crippen LogP contribution >= 0.6 is 0 Å². The van der Waals surface area contributed by atoms with Crippen molar-refractivity contribution in [2.45, 2.75) is 12.5 Å². The van der Waals surface area contributed by atoms with E-state index in [1.54, 1.807) is 0 Å². The fraction of sp³-hybridized carbons (Fsp3) is 0.556. The third-order valence-electron chi connectivity index (χ3n) is 2.09. The minimum atomic E-state index is 0.741. The Bertz CT molecular complexity index is 140. The van der Waals surface area contributed by atoms with Gasteiger partial charge in [-0.05, 0) is 19.4 Å². The first-order valence-corrected chi connectivity index (χ1v) is 3.73. The van der Waals surface area contributed by atoms with Crippen LogP contribution in [-0.4, -0.2) is 24.5 Å². The van der Waals surface area contributed by atoms with Crippen molar-refractivity contribution in [3.8, 4) is 0 Å². The Morgan fingerprint density at radius 3 is 2.70 bits per heavy atom. The van der Waals surface area contributed by atoms with Gasteiger partial charge in [-0.25, -0.2) is 0 Å². The molecule has 1 heteroatoms. The fourth-order valence-electron chi connectivity index (χ4n) is 1.30. The molecule has 2 atom stereocenters. The summed E-state index contributed by atoms with van der Waals surface area (Å²) in [6.45, 7) is 8.45. The van der Waals surface area contributed by atoms with Crippen molar-refractivity contribution in [2.24, 2.45) is 5.92 Å². The van der Waals surface area contributed by atoms with Gasteiger partial charge in [0.1, 0.15) is 0 Å². The maximum Gasteiger partial charge on any atom is 0.0165 e. The molecule has 1 rings (SSSR count). The number of rotatable bonds is 4. The molecule has 1 saturated carbocycles. The van der Waals surface area contributed by atoms with E-state index in [1.807, 2.05) is 12.2 Å². The molecule has 0 aromatic rings. The Kier molecular flexibility index (Phi) is 2.28. The Hall–Kier alpha value is -0.560. The van der Waals surface area contributed by atoms with Gasteiger partial charge in [0.2, 0.25) is 0 Å². The van der Waals surface area contributed by atoms with Gasteiger partial charge in [-0.3, -0.25) is 4.90 Å². The molecule has 10 heavy (non-hydrogen) atoms. The van der Waals surface area contributed by atoms with Gasteiger partial charge in [-0.1, -0.05) is 12.2 Å². The summed E-state index contributed by atoms with van der Waals surface area (Å²) in [5.74, 6) is 0.741. The first-order chi connectivity index (χ1) is 4.79. The summed E-state index contributed by atoms with van der Waals surface area (Å²) in [7, 11) is 2.13. The van der Waals surface area contributed by atoms with Gasteiger partial charge in [-0.2, -0.15) is 0 Å². The lowest BCUT2D eigenvalue weighted by molar-refractivity contribution is 0.351. The van der Waals surface area contributed by atoms with Crippen LogP contribution in [0.2, 0.25) is 0 Å². The molecule has 1 fully saturated rings. The average Bonchev–Trinajstić information content (AvgIpc) is 2.66. The van der Waals surface area contributed by atoms with Gasteiger partial charge in [0.05, 0.1) is 0 Å². The van der Waals surface area contributed by atoms with Crippen LogP contribution in [0, 0.1) is 5.92 Å². The van der Waals surface area contributed by atoms with Gasteiger partial charge in [0.15, 0.2) is 0 Å². The standard InChI is InChI=1S/C9H15N/c1-4-6-10(3)9-7-8(9)5-2/h4-5,8-9H,1-2,6-7H2,3H3. The number of likely N-dealkylation sites (N-methyl/N-ethyl adjacent to an activating group) is 1. The Morgan fingerprint density at radius 1 is 1.60 bits per heavy atom. The highest BCUT2D eigenvalue weighted by molar-refractivity contribution is 5.04. The van der Waals surface area contributed by atoms with Crippen molar-refractivity contribution in [1.29, 1.82) is 0 Å². The molecule has 0 aliphatic heterocycles. The minimum absolute atomic E-state index is 0.741. The molecular formula is C9H15N. The van der Waals surface area contributed by atoms with E-state index in [4.69, 9.17) is 0 Å². The van der Waals surface area contributed by atoms with Crippen LogP contribution in [0.25, 0.3) is 0 Å². The van der Waals surface area contributed by atoms with Crippen LogP contribution in [0.1, 0.15) is 6.42 Å². The van der Waals surface area contributed by atoms with Crippen molar-refractivity contribution in [1.82, 2.24) is 4.90 Å². The molecule has 0 saturated heterocycles. The Balaban J connectivity index is 2.24. The van der Waals surface area contributed by atoms with Crippen molar-refractivity contribution in [2.75, 3.05) is 13.6 Å². The molecule has 0 heterocycles. The maximum absolute atomic E-state index is 3.76. The van der Waals surface area contributed by atoms with Crippen LogP contribution < -0.4 is 0 Å². The van der Waals surface area contributed by atoms with E-state index in [-0.39, 0.29) is 0 Å². The molecule has 0 amide bonds. The molecule has 1 aliphatic carbocycles. The fourth-order valence-corrected chi connectivity index (χ4v) is 1.30. The SMILES string of the molecule is C=CCN(C)C1CC1C=C. The predicted octanol–water partition coefficient (Wildman–Crippen LogP) is 1.68. The number of hydrogen-bond donors (Lipinski definition) is 0. The molecule has 0 spiro atoms. The first-order valence-electron chi connectivity index (χ1n) is 3.73. The van der Waals surface area contributed by atoms with Crippen molar-refractivity contribution in [3.05, 3.63) is 25.3 Å². The van der Waals surface area contributed by atoms with E-state index >= 15 is 0 Å². The van der Waals surface area contributed by atoms with Gasteiger partial charge in [0, 0.05) is 12.6 Å². The summed E-state index contributed by atoms with van der Waals surface area (Å²) in [5.41, 5.74) is 0. The molecule has 56 valence electrons. The Morgan fingerprint density at radius 2 is 2.30 bits per heavy atom. The lowest BCUT2D eigenvalue weighted by Crippen LogP contribution is -2.21. The van der Waals surface area contributed by atoms with Crippen LogP contribution in [0.4, 0.5) is 0 Å². The first kappa shape index (κ1) is 7.55. The molecule has 0 aromatic heterocycles. The summed E-state index contributed by atoms with van der Waals surface area (Å²) in [4.78, 5) is 2.32. The molecule has 0 bridgehead atoms. The van der Waals surface area contributed by atoms with Crippen LogP contribution in [0.3, 0.4) is 0 Å². The summed E-state index contributed by atoms with van der Waals surface area (Å²) in [5, 5.41) is 0. The van der Waals surface area contributed by atoms with Crippen molar-refractivity contribution < 1.29 is 0 Å². The molecular weight excluding hydrogens is 122 g/mol. The van der Waals surface area contributed by atoms with E-state index in [0.29, 0.717) is 0 Å². The van der Waals surface area contributed by atoms with Crippen LogP contribution in [-0.2, 0) is 0 Å². The average molecular weight is 137 g/mol. The quantitative estimate of drug-likeness (QED) is 0.533. The molecule has 1 aliphatic rings. The van der Waals surface area contributed by atoms with Crippen molar-refractivity contribution in [3.63, 3.8) is 0 Å². The van der Waals surface area contributed by atoms with Crippen LogP contribution in [0.15, 0.2) is 25.3 Å². The van der Waals surface area contributed by atoms with Gasteiger partial charge < -0.3 is 0 Å². The maximum atomic E-state index is 3.76. The smallest absolute Gasteiger partial charge is 0.0165 e. The highest BCUT2D eigenvalue weighted by atomic mass is 15.2. The topological polar surface area (TPSA) is 3.24 Å². The third kappa shape index (κ3) is 1.48. The normalized spacial score (nSPS) is 30.2. The minimum Gasteiger partial charge on any atom is -0.299 e. The lowest BCUT2D eigenvalue weighted by Gasteiger charge is -2.12. The molecule has 2 unspecified atom stereocenters. The number of nitrogens with zero attached hydrogens (tertiary/aromatic N) is 1. The molecule has 0 radical (unpaired) electrons. The monoisotopic (exact) mass is 137 g/mol.